The van der Waals surface area contributed by atoms with Crippen LogP contribution < -0.4 is 10.1 Å². The van der Waals surface area contributed by atoms with Crippen molar-refractivity contribution in [2.75, 3.05) is 20.2 Å². The number of carbonyl (C=O) groups excluding carboxylic acids is 2. The van der Waals surface area contributed by atoms with Gasteiger partial charge in [-0.15, -0.1) is 0 Å². The summed E-state index contributed by atoms with van der Waals surface area (Å²) in [6, 6.07) is 4.43. The number of Topliss-reactive ketones (excluding diaryl/α,β-unsaturated/α-hetero) is 1. The molecule has 1 N–H and O–H groups in total. The first kappa shape index (κ1) is 17.4. The first-order chi connectivity index (χ1) is 10.9. The van der Waals surface area contributed by atoms with Gasteiger partial charge in [0.2, 0.25) is 5.91 Å². The summed E-state index contributed by atoms with van der Waals surface area (Å²) in [5.74, 6) is -0.751. The molecule has 2 atom stereocenters. The van der Waals surface area contributed by atoms with E-state index in [1.54, 1.807) is 0 Å². The van der Waals surface area contributed by atoms with E-state index in [1.807, 2.05) is 18.7 Å². The average molecular weight is 322 g/mol. The maximum absolute atomic E-state index is 13.6. The lowest BCUT2D eigenvalue weighted by Gasteiger charge is -2.38. The summed E-state index contributed by atoms with van der Waals surface area (Å²) < 4.78 is 18.5. The maximum atomic E-state index is 13.6. The van der Waals surface area contributed by atoms with E-state index >= 15 is 0 Å². The van der Waals surface area contributed by atoms with Crippen LogP contribution in [0.3, 0.4) is 0 Å². The van der Waals surface area contributed by atoms with E-state index < -0.39 is 5.82 Å². The maximum Gasteiger partial charge on any atom is 0.223 e. The quantitative estimate of drug-likeness (QED) is 0.843. The van der Waals surface area contributed by atoms with E-state index in [2.05, 4.69) is 5.32 Å². The Morgan fingerprint density at radius 1 is 1.35 bits per heavy atom. The van der Waals surface area contributed by atoms with Crippen molar-refractivity contribution in [3.8, 4) is 5.75 Å². The largest absolute Gasteiger partial charge is 0.494 e. The van der Waals surface area contributed by atoms with Crippen molar-refractivity contribution >= 4 is 11.7 Å². The van der Waals surface area contributed by atoms with Crippen LogP contribution in [0.5, 0.6) is 5.75 Å². The zero-order chi connectivity index (χ0) is 17.0. The number of carbonyl (C=O) groups is 2. The first-order valence-electron chi connectivity index (χ1n) is 7.83. The molecule has 0 spiro atoms. The van der Waals surface area contributed by atoms with Gasteiger partial charge < -0.3 is 15.0 Å². The fraction of sp³-hybridized carbons (Fsp3) is 0.529. The fourth-order valence-electron chi connectivity index (χ4n) is 2.76. The van der Waals surface area contributed by atoms with Gasteiger partial charge in [0.25, 0.3) is 0 Å². The lowest BCUT2D eigenvalue weighted by atomic mass is 10.0. The van der Waals surface area contributed by atoms with Crippen LogP contribution in [0.4, 0.5) is 4.39 Å². The highest BCUT2D eigenvalue weighted by Gasteiger charge is 2.28. The number of benzene rings is 1. The molecular weight excluding hydrogens is 299 g/mol. The third-order valence-electron chi connectivity index (χ3n) is 4.39. The van der Waals surface area contributed by atoms with Gasteiger partial charge in [0.05, 0.1) is 7.11 Å². The van der Waals surface area contributed by atoms with E-state index in [9.17, 15) is 14.0 Å². The van der Waals surface area contributed by atoms with Gasteiger partial charge in [0, 0.05) is 43.6 Å². The van der Waals surface area contributed by atoms with Crippen molar-refractivity contribution in [2.45, 2.75) is 38.8 Å². The molecule has 23 heavy (non-hydrogen) atoms. The van der Waals surface area contributed by atoms with Gasteiger partial charge in [-0.3, -0.25) is 9.59 Å². The van der Waals surface area contributed by atoms with Crippen LogP contribution in [0.1, 0.15) is 37.0 Å². The van der Waals surface area contributed by atoms with Gasteiger partial charge in [0.15, 0.2) is 17.3 Å². The Morgan fingerprint density at radius 2 is 2.09 bits per heavy atom. The Kier molecular flexibility index (Phi) is 5.71. The number of methoxy groups -OCH3 is 1. The molecule has 1 saturated heterocycles. The van der Waals surface area contributed by atoms with Crippen LogP contribution in [0.2, 0.25) is 0 Å². The highest BCUT2D eigenvalue weighted by atomic mass is 19.1. The van der Waals surface area contributed by atoms with E-state index in [0.717, 1.165) is 12.6 Å². The molecule has 0 radical (unpaired) electrons. The zero-order valence-electron chi connectivity index (χ0n) is 13.8. The van der Waals surface area contributed by atoms with Crippen molar-refractivity contribution in [1.29, 1.82) is 0 Å². The lowest BCUT2D eigenvalue weighted by Crippen LogP contribution is -2.57. The Bertz CT molecular complexity index is 591. The van der Waals surface area contributed by atoms with Gasteiger partial charge in [-0.1, -0.05) is 0 Å². The summed E-state index contributed by atoms with van der Waals surface area (Å²) in [7, 11) is 1.37. The molecule has 1 aromatic carbocycles. The van der Waals surface area contributed by atoms with Crippen molar-refractivity contribution in [1.82, 2.24) is 10.2 Å². The van der Waals surface area contributed by atoms with Crippen molar-refractivity contribution in [2.24, 2.45) is 0 Å². The van der Waals surface area contributed by atoms with Crippen LogP contribution in [0, 0.1) is 5.82 Å². The number of hydrogen-bond donors (Lipinski definition) is 1. The minimum Gasteiger partial charge on any atom is -0.494 e. The lowest BCUT2D eigenvalue weighted by molar-refractivity contribution is -0.134. The predicted octanol–water partition coefficient (Wildman–Crippen LogP) is 2.01. The third kappa shape index (κ3) is 4.07. The Hall–Kier alpha value is -1.95. The Labute approximate surface area is 135 Å². The second kappa shape index (κ2) is 7.55. The normalized spacial score (nSPS) is 21.1. The molecule has 1 aliphatic heterocycles. The summed E-state index contributed by atoms with van der Waals surface area (Å²) >= 11 is 0. The van der Waals surface area contributed by atoms with E-state index in [0.29, 0.717) is 6.54 Å². The van der Waals surface area contributed by atoms with Crippen LogP contribution in [0.25, 0.3) is 0 Å². The molecular formula is C17H23FN2O3. The number of nitrogens with zero attached hydrogens (tertiary/aromatic N) is 1. The van der Waals surface area contributed by atoms with E-state index in [-0.39, 0.29) is 47.9 Å². The summed E-state index contributed by atoms with van der Waals surface area (Å²) in [4.78, 5) is 26.3. The number of nitrogens with one attached hydrogen (secondary N) is 1. The minimum atomic E-state index is -0.575. The van der Waals surface area contributed by atoms with Crippen LogP contribution in [0.15, 0.2) is 18.2 Å². The number of piperazine rings is 1. The summed E-state index contributed by atoms with van der Waals surface area (Å²) in [6.07, 6.45) is 0.221. The fourth-order valence-corrected chi connectivity index (χ4v) is 2.76. The molecule has 1 fully saturated rings. The number of halogens is 1. The molecule has 1 aliphatic rings. The molecule has 2 rings (SSSR count). The van der Waals surface area contributed by atoms with Crippen LogP contribution in [-0.2, 0) is 4.79 Å². The highest BCUT2D eigenvalue weighted by Crippen LogP contribution is 2.19. The second-order valence-electron chi connectivity index (χ2n) is 5.84. The zero-order valence-corrected chi connectivity index (χ0v) is 13.8. The Morgan fingerprint density at radius 3 is 2.74 bits per heavy atom. The number of amides is 1. The van der Waals surface area contributed by atoms with Crippen LogP contribution >= 0.6 is 0 Å². The summed E-state index contributed by atoms with van der Waals surface area (Å²) in [5, 5.41) is 3.31. The van der Waals surface area contributed by atoms with E-state index in [4.69, 9.17) is 4.74 Å². The van der Waals surface area contributed by atoms with Crippen molar-refractivity contribution in [3.63, 3.8) is 0 Å². The highest BCUT2D eigenvalue weighted by molar-refractivity contribution is 5.98. The van der Waals surface area contributed by atoms with Gasteiger partial charge in [-0.25, -0.2) is 4.39 Å². The Balaban J connectivity index is 1.93. The molecule has 5 nitrogen and oxygen atoms in total. The summed E-state index contributed by atoms with van der Waals surface area (Å²) in [6.45, 7) is 5.44. The SMILES string of the molecule is COc1ccc(C(=O)CCC(=O)N2CCNC(C)C2C)cc1F. The average Bonchev–Trinajstić information content (AvgIpc) is 2.54. The van der Waals surface area contributed by atoms with Crippen molar-refractivity contribution < 1.29 is 18.7 Å². The third-order valence-corrected chi connectivity index (χ3v) is 4.39. The molecule has 0 saturated carbocycles. The van der Waals surface area contributed by atoms with Gasteiger partial charge in [-0.05, 0) is 32.0 Å². The molecule has 0 aromatic heterocycles. The molecule has 2 unspecified atom stereocenters. The summed E-state index contributed by atoms with van der Waals surface area (Å²) in [5.41, 5.74) is 0.262. The first-order valence-corrected chi connectivity index (χ1v) is 7.83. The second-order valence-corrected chi connectivity index (χ2v) is 5.84. The molecule has 126 valence electrons. The molecule has 6 heteroatoms. The molecule has 1 heterocycles. The smallest absolute Gasteiger partial charge is 0.223 e. The van der Waals surface area contributed by atoms with Crippen LogP contribution in [-0.4, -0.2) is 48.9 Å². The number of rotatable bonds is 5. The van der Waals surface area contributed by atoms with Gasteiger partial charge >= 0.3 is 0 Å². The van der Waals surface area contributed by atoms with Gasteiger partial charge in [-0.2, -0.15) is 0 Å². The van der Waals surface area contributed by atoms with E-state index in [1.165, 1.54) is 19.2 Å². The molecule has 1 amide bonds. The standard InChI is InChI=1S/C17H23FN2O3/c1-11-12(2)20(9-8-19-11)17(22)7-5-15(21)13-4-6-16(23-3)14(18)10-13/h4,6,10-12,19H,5,7-9H2,1-3H3. The van der Waals surface area contributed by atoms with Gasteiger partial charge in [0.1, 0.15) is 0 Å². The number of hydrogen-bond acceptors (Lipinski definition) is 4. The topological polar surface area (TPSA) is 58.6 Å². The molecule has 0 aliphatic carbocycles. The monoisotopic (exact) mass is 322 g/mol. The number of ether oxygens (including phenoxy) is 1. The molecule has 0 bridgehead atoms. The minimum absolute atomic E-state index is 0.0341. The van der Waals surface area contributed by atoms with Crippen molar-refractivity contribution in [3.05, 3.63) is 29.6 Å². The molecule has 1 aromatic rings. The predicted molar refractivity (Wildman–Crippen MR) is 85.2 cm³/mol. The number of ketones is 1.